The van der Waals surface area contributed by atoms with E-state index in [1.165, 1.54) is 12.8 Å². The van der Waals surface area contributed by atoms with Crippen molar-refractivity contribution in [1.82, 2.24) is 20.1 Å². The quantitative estimate of drug-likeness (QED) is 0.796. The van der Waals surface area contributed by atoms with Crippen LogP contribution >= 0.6 is 12.2 Å². The number of carbonyl (C=O) groups excluding carboxylic acids is 1. The number of nitrogens with zero attached hydrogens (tertiary/aromatic N) is 2. The first-order valence-corrected chi connectivity index (χ1v) is 7.03. The number of aromatic amines is 1. The lowest BCUT2D eigenvalue weighted by atomic mass is 10.2. The molecular formula is C12H18N4OS. The van der Waals surface area contributed by atoms with Crippen LogP contribution in [-0.4, -0.2) is 20.7 Å². The predicted octanol–water partition coefficient (Wildman–Crippen LogP) is 1.62. The Bertz CT molecular complexity index is 516. The van der Waals surface area contributed by atoms with Crippen LogP contribution in [0.3, 0.4) is 0 Å². The highest BCUT2D eigenvalue weighted by Gasteiger charge is 2.50. The van der Waals surface area contributed by atoms with Crippen molar-refractivity contribution in [3.8, 4) is 0 Å². The Balaban J connectivity index is 1.54. The summed E-state index contributed by atoms with van der Waals surface area (Å²) < 4.78 is 2.52. The van der Waals surface area contributed by atoms with Crippen molar-refractivity contribution in [2.75, 3.05) is 0 Å². The van der Waals surface area contributed by atoms with Crippen molar-refractivity contribution >= 4 is 18.1 Å². The summed E-state index contributed by atoms with van der Waals surface area (Å²) >= 11 is 5.11. The first kappa shape index (κ1) is 11.9. The molecule has 3 rings (SSSR count). The average Bonchev–Trinajstić information content (AvgIpc) is 3.23. The number of H-pyrrole nitrogens is 1. The maximum atomic E-state index is 11.9. The van der Waals surface area contributed by atoms with Crippen LogP contribution in [-0.2, 0) is 17.9 Å². The van der Waals surface area contributed by atoms with Gasteiger partial charge in [-0.2, -0.15) is 5.10 Å². The molecule has 0 radical (unpaired) electrons. The van der Waals surface area contributed by atoms with Crippen molar-refractivity contribution < 1.29 is 4.79 Å². The van der Waals surface area contributed by atoms with Gasteiger partial charge in [-0.25, -0.2) is 0 Å². The van der Waals surface area contributed by atoms with E-state index in [0.717, 1.165) is 24.7 Å². The second kappa shape index (κ2) is 4.50. The van der Waals surface area contributed by atoms with E-state index in [1.54, 1.807) is 0 Å². The summed E-state index contributed by atoms with van der Waals surface area (Å²) in [5.41, 5.74) is 0. The number of carbonyl (C=O) groups is 1. The van der Waals surface area contributed by atoms with Gasteiger partial charge in [0, 0.05) is 12.5 Å². The van der Waals surface area contributed by atoms with E-state index in [4.69, 9.17) is 12.2 Å². The molecule has 1 aromatic heterocycles. The van der Waals surface area contributed by atoms with E-state index in [1.807, 2.05) is 11.5 Å². The molecular weight excluding hydrogens is 248 g/mol. The molecule has 6 heteroatoms. The molecule has 0 saturated heterocycles. The van der Waals surface area contributed by atoms with Gasteiger partial charge >= 0.3 is 0 Å². The molecule has 2 atom stereocenters. The third-order valence-electron chi connectivity index (χ3n) is 3.98. The van der Waals surface area contributed by atoms with Crippen LogP contribution < -0.4 is 5.32 Å². The fourth-order valence-corrected chi connectivity index (χ4v) is 2.95. The van der Waals surface area contributed by atoms with Crippen LogP contribution in [0, 0.1) is 22.5 Å². The molecule has 98 valence electrons. The van der Waals surface area contributed by atoms with Gasteiger partial charge in [0.05, 0.1) is 6.54 Å². The lowest BCUT2D eigenvalue weighted by molar-refractivity contribution is -0.122. The first-order chi connectivity index (χ1) is 8.70. The molecule has 5 nitrogen and oxygen atoms in total. The standard InChI is InChI=1S/C12H18N4OS/c1-2-16-10(14-15-12(16)18)6-13-11(17)9-5-8(9)7-3-4-7/h7-9H,2-6H2,1H3,(H,13,17)(H,15,18). The predicted molar refractivity (Wildman–Crippen MR) is 69.3 cm³/mol. The van der Waals surface area contributed by atoms with Gasteiger partial charge in [-0.15, -0.1) is 0 Å². The van der Waals surface area contributed by atoms with Gasteiger partial charge in [-0.3, -0.25) is 9.89 Å². The van der Waals surface area contributed by atoms with Gasteiger partial charge in [-0.05, 0) is 50.2 Å². The summed E-state index contributed by atoms with van der Waals surface area (Å²) in [6.45, 7) is 3.25. The molecule has 2 unspecified atom stereocenters. The number of rotatable bonds is 5. The number of nitrogens with one attached hydrogen (secondary N) is 2. The molecule has 0 aromatic carbocycles. The molecule has 1 amide bonds. The van der Waals surface area contributed by atoms with Crippen LogP contribution in [0.15, 0.2) is 0 Å². The summed E-state index contributed by atoms with van der Waals surface area (Å²) in [6.07, 6.45) is 3.73. The van der Waals surface area contributed by atoms with Crippen LogP contribution in [0.2, 0.25) is 0 Å². The largest absolute Gasteiger partial charge is 0.349 e. The first-order valence-electron chi connectivity index (χ1n) is 6.62. The third kappa shape index (κ3) is 2.21. The minimum atomic E-state index is 0.184. The number of hydrogen-bond acceptors (Lipinski definition) is 3. The number of hydrogen-bond donors (Lipinski definition) is 2. The minimum Gasteiger partial charge on any atom is -0.349 e. The third-order valence-corrected chi connectivity index (χ3v) is 4.29. The maximum Gasteiger partial charge on any atom is 0.223 e. The van der Waals surface area contributed by atoms with Gasteiger partial charge in [0.15, 0.2) is 10.6 Å². The molecule has 2 aliphatic carbocycles. The average molecular weight is 266 g/mol. The van der Waals surface area contributed by atoms with E-state index < -0.39 is 0 Å². The molecule has 0 spiro atoms. The van der Waals surface area contributed by atoms with E-state index in [2.05, 4.69) is 15.5 Å². The molecule has 2 aliphatic rings. The molecule has 2 fully saturated rings. The zero-order valence-corrected chi connectivity index (χ0v) is 11.3. The Hall–Kier alpha value is -1.17. The fourth-order valence-electron chi connectivity index (χ4n) is 2.67. The Morgan fingerprint density at radius 3 is 3.06 bits per heavy atom. The summed E-state index contributed by atoms with van der Waals surface area (Å²) in [5.74, 6) is 2.75. The molecule has 2 saturated carbocycles. The van der Waals surface area contributed by atoms with Gasteiger partial charge in [0.1, 0.15) is 0 Å². The Morgan fingerprint density at radius 1 is 1.61 bits per heavy atom. The maximum absolute atomic E-state index is 11.9. The normalized spacial score (nSPS) is 26.1. The molecule has 0 aliphatic heterocycles. The molecule has 0 bridgehead atoms. The second-order valence-corrected chi connectivity index (χ2v) is 5.64. The van der Waals surface area contributed by atoms with Crippen molar-refractivity contribution in [1.29, 1.82) is 0 Å². The molecule has 18 heavy (non-hydrogen) atoms. The Labute approximate surface area is 111 Å². The highest BCUT2D eigenvalue weighted by Crippen LogP contribution is 2.54. The van der Waals surface area contributed by atoms with Crippen molar-refractivity contribution in [3.63, 3.8) is 0 Å². The Kier molecular flexibility index (Phi) is 2.97. The highest BCUT2D eigenvalue weighted by molar-refractivity contribution is 7.71. The van der Waals surface area contributed by atoms with Crippen LogP contribution in [0.5, 0.6) is 0 Å². The van der Waals surface area contributed by atoms with Crippen molar-refractivity contribution in [2.45, 2.75) is 39.3 Å². The van der Waals surface area contributed by atoms with E-state index in [9.17, 15) is 4.79 Å². The van der Waals surface area contributed by atoms with Crippen molar-refractivity contribution in [3.05, 3.63) is 10.6 Å². The van der Waals surface area contributed by atoms with Gasteiger partial charge in [0.25, 0.3) is 0 Å². The highest BCUT2D eigenvalue weighted by atomic mass is 32.1. The van der Waals surface area contributed by atoms with Crippen LogP contribution in [0.25, 0.3) is 0 Å². The van der Waals surface area contributed by atoms with E-state index in [0.29, 0.717) is 17.2 Å². The topological polar surface area (TPSA) is 62.7 Å². The monoisotopic (exact) mass is 266 g/mol. The minimum absolute atomic E-state index is 0.184. The summed E-state index contributed by atoms with van der Waals surface area (Å²) in [5, 5.41) is 9.87. The van der Waals surface area contributed by atoms with Crippen LogP contribution in [0.4, 0.5) is 0 Å². The zero-order chi connectivity index (χ0) is 12.7. The smallest absolute Gasteiger partial charge is 0.223 e. The van der Waals surface area contributed by atoms with Gasteiger partial charge in [-0.1, -0.05) is 0 Å². The lowest BCUT2D eigenvalue weighted by Gasteiger charge is -2.05. The number of aromatic nitrogens is 3. The Morgan fingerprint density at radius 2 is 2.39 bits per heavy atom. The lowest BCUT2D eigenvalue weighted by Crippen LogP contribution is -2.26. The summed E-state index contributed by atoms with van der Waals surface area (Å²) in [4.78, 5) is 11.9. The van der Waals surface area contributed by atoms with Gasteiger partial charge in [0.2, 0.25) is 5.91 Å². The fraction of sp³-hybridized carbons (Fsp3) is 0.750. The van der Waals surface area contributed by atoms with Crippen molar-refractivity contribution in [2.24, 2.45) is 17.8 Å². The molecule has 2 N–H and O–H groups in total. The number of amides is 1. The SMILES string of the molecule is CCn1c(CNC(=O)C2CC2C2CC2)n[nH]c1=S. The molecule has 1 heterocycles. The zero-order valence-electron chi connectivity index (χ0n) is 10.5. The van der Waals surface area contributed by atoms with Gasteiger partial charge < -0.3 is 9.88 Å². The van der Waals surface area contributed by atoms with E-state index in [-0.39, 0.29) is 11.8 Å². The summed E-state index contributed by atoms with van der Waals surface area (Å²) in [7, 11) is 0. The van der Waals surface area contributed by atoms with Crippen LogP contribution in [0.1, 0.15) is 32.0 Å². The van der Waals surface area contributed by atoms with E-state index >= 15 is 0 Å². The second-order valence-electron chi connectivity index (χ2n) is 5.25. The summed E-state index contributed by atoms with van der Waals surface area (Å²) in [6, 6.07) is 0. The molecule has 1 aromatic rings.